The lowest BCUT2D eigenvalue weighted by Gasteiger charge is -2.09. The molecule has 3 N–H and O–H groups in total. The Labute approximate surface area is 115 Å². The van der Waals surface area contributed by atoms with Crippen LogP contribution in [0, 0.1) is 6.92 Å². The predicted molar refractivity (Wildman–Crippen MR) is 76.1 cm³/mol. The molecule has 2 aromatic carbocycles. The Kier molecular flexibility index (Phi) is 2.83. The Hall–Kier alpha value is -2.89. The fourth-order valence-electron chi connectivity index (χ4n) is 2.14. The van der Waals surface area contributed by atoms with Crippen molar-refractivity contribution in [1.29, 1.82) is 0 Å². The number of hydrogen-bond acceptors (Lipinski definition) is 4. The van der Waals surface area contributed by atoms with Crippen molar-refractivity contribution in [2.24, 2.45) is 10.9 Å². The first kappa shape index (κ1) is 12.2. The second kappa shape index (κ2) is 4.65. The zero-order valence-corrected chi connectivity index (χ0v) is 10.9. The van der Waals surface area contributed by atoms with E-state index in [-0.39, 0.29) is 5.84 Å². The molecule has 100 valence electrons. The van der Waals surface area contributed by atoms with E-state index in [4.69, 9.17) is 10.9 Å². The summed E-state index contributed by atoms with van der Waals surface area (Å²) in [6.45, 7) is 1.94. The second-order valence-corrected chi connectivity index (χ2v) is 4.50. The summed E-state index contributed by atoms with van der Waals surface area (Å²) < 4.78 is 1.68. The van der Waals surface area contributed by atoms with E-state index in [1.165, 1.54) is 0 Å². The fraction of sp³-hybridized carbons (Fsp3) is 0.0714. The molecule has 0 aliphatic carbocycles. The Morgan fingerprint density at radius 1 is 1.25 bits per heavy atom. The largest absolute Gasteiger partial charge is 0.409 e. The number of aromatic nitrogens is 3. The van der Waals surface area contributed by atoms with Gasteiger partial charge >= 0.3 is 0 Å². The highest BCUT2D eigenvalue weighted by atomic mass is 16.4. The minimum Gasteiger partial charge on any atom is -0.409 e. The monoisotopic (exact) mass is 267 g/mol. The van der Waals surface area contributed by atoms with Gasteiger partial charge in [0, 0.05) is 5.56 Å². The van der Waals surface area contributed by atoms with Gasteiger partial charge in [-0.3, -0.25) is 0 Å². The van der Waals surface area contributed by atoms with Crippen molar-refractivity contribution in [3.8, 4) is 5.69 Å². The molecule has 0 saturated heterocycles. The molecule has 3 aromatic rings. The first-order valence-electron chi connectivity index (χ1n) is 6.10. The van der Waals surface area contributed by atoms with E-state index in [2.05, 4.69) is 15.5 Å². The summed E-state index contributed by atoms with van der Waals surface area (Å²) in [6, 6.07) is 13.3. The zero-order valence-electron chi connectivity index (χ0n) is 10.9. The van der Waals surface area contributed by atoms with Gasteiger partial charge in [0.2, 0.25) is 0 Å². The molecule has 0 radical (unpaired) electrons. The van der Waals surface area contributed by atoms with Crippen LogP contribution in [-0.2, 0) is 0 Å². The highest BCUT2D eigenvalue weighted by Crippen LogP contribution is 2.20. The summed E-state index contributed by atoms with van der Waals surface area (Å²) in [5.41, 5.74) is 9.76. The van der Waals surface area contributed by atoms with Crippen LogP contribution in [0.4, 0.5) is 0 Å². The van der Waals surface area contributed by atoms with E-state index >= 15 is 0 Å². The van der Waals surface area contributed by atoms with Crippen LogP contribution in [0.2, 0.25) is 0 Å². The van der Waals surface area contributed by atoms with Crippen LogP contribution < -0.4 is 5.73 Å². The van der Waals surface area contributed by atoms with Crippen LogP contribution in [0.25, 0.3) is 16.7 Å². The van der Waals surface area contributed by atoms with E-state index in [1.54, 1.807) is 4.68 Å². The Balaban J connectivity index is 2.29. The van der Waals surface area contributed by atoms with Gasteiger partial charge in [-0.15, -0.1) is 5.10 Å². The van der Waals surface area contributed by atoms with E-state index in [9.17, 15) is 0 Å². The minimum atomic E-state index is 0.0447. The summed E-state index contributed by atoms with van der Waals surface area (Å²) in [5.74, 6) is 0.0447. The molecule has 0 aliphatic heterocycles. The van der Waals surface area contributed by atoms with E-state index in [0.717, 1.165) is 22.3 Å². The van der Waals surface area contributed by atoms with Gasteiger partial charge in [-0.1, -0.05) is 34.1 Å². The molecular formula is C14H13N5O. The number of hydrogen-bond donors (Lipinski definition) is 2. The first-order chi connectivity index (χ1) is 9.70. The molecule has 0 bridgehead atoms. The maximum absolute atomic E-state index is 8.93. The third-order valence-corrected chi connectivity index (χ3v) is 3.12. The SMILES string of the molecule is Cc1ccc(-n2nnc3ccccc32)c(/C(N)=N/O)c1. The van der Waals surface area contributed by atoms with Crippen molar-refractivity contribution in [2.45, 2.75) is 6.92 Å². The molecule has 0 unspecified atom stereocenters. The molecule has 0 saturated carbocycles. The predicted octanol–water partition coefficient (Wildman–Crippen LogP) is 1.82. The Morgan fingerprint density at radius 2 is 2.05 bits per heavy atom. The normalized spacial score (nSPS) is 11.9. The average molecular weight is 267 g/mol. The van der Waals surface area contributed by atoms with Crippen LogP contribution in [-0.4, -0.2) is 26.0 Å². The van der Waals surface area contributed by atoms with Crippen LogP contribution in [0.3, 0.4) is 0 Å². The summed E-state index contributed by atoms with van der Waals surface area (Å²) >= 11 is 0. The number of fused-ring (bicyclic) bond motifs is 1. The Bertz CT molecular complexity index is 806. The van der Waals surface area contributed by atoms with Gasteiger partial charge in [0.05, 0.1) is 11.2 Å². The smallest absolute Gasteiger partial charge is 0.172 e. The van der Waals surface area contributed by atoms with Crippen LogP contribution in [0.15, 0.2) is 47.6 Å². The van der Waals surface area contributed by atoms with Crippen molar-refractivity contribution in [3.63, 3.8) is 0 Å². The number of nitrogens with two attached hydrogens (primary N) is 1. The first-order valence-corrected chi connectivity index (χ1v) is 6.10. The van der Waals surface area contributed by atoms with Gasteiger partial charge in [0.1, 0.15) is 5.52 Å². The molecule has 6 nitrogen and oxygen atoms in total. The molecular weight excluding hydrogens is 254 g/mol. The van der Waals surface area contributed by atoms with Gasteiger partial charge in [-0.2, -0.15) is 0 Å². The molecule has 0 spiro atoms. The number of aryl methyl sites for hydroxylation is 1. The molecule has 1 heterocycles. The summed E-state index contributed by atoms with van der Waals surface area (Å²) in [4.78, 5) is 0. The average Bonchev–Trinajstić information content (AvgIpc) is 2.90. The minimum absolute atomic E-state index is 0.0447. The molecule has 0 atom stereocenters. The third-order valence-electron chi connectivity index (χ3n) is 3.12. The molecule has 0 fully saturated rings. The highest BCUT2D eigenvalue weighted by Gasteiger charge is 2.13. The van der Waals surface area contributed by atoms with Crippen molar-refractivity contribution >= 4 is 16.9 Å². The van der Waals surface area contributed by atoms with Crippen LogP contribution in [0.1, 0.15) is 11.1 Å². The number of oxime groups is 1. The second-order valence-electron chi connectivity index (χ2n) is 4.50. The topological polar surface area (TPSA) is 89.3 Å². The van der Waals surface area contributed by atoms with Crippen LogP contribution >= 0.6 is 0 Å². The number of para-hydroxylation sites is 1. The van der Waals surface area contributed by atoms with E-state index in [0.29, 0.717) is 5.56 Å². The van der Waals surface area contributed by atoms with Crippen molar-refractivity contribution in [1.82, 2.24) is 15.0 Å². The molecule has 1 aromatic heterocycles. The number of nitrogens with zero attached hydrogens (tertiary/aromatic N) is 4. The Morgan fingerprint density at radius 3 is 2.85 bits per heavy atom. The fourth-order valence-corrected chi connectivity index (χ4v) is 2.14. The molecule has 6 heteroatoms. The lowest BCUT2D eigenvalue weighted by atomic mass is 10.1. The molecule has 3 rings (SSSR count). The standard InChI is InChI=1S/C14H13N5O/c1-9-6-7-12(10(8-9)14(15)17-20)19-13-5-3-2-4-11(13)16-18-19/h2-8,20H,1H3,(H2,15,17). The molecule has 0 amide bonds. The van der Waals surface area contributed by atoms with E-state index in [1.807, 2.05) is 49.4 Å². The quantitative estimate of drug-likeness (QED) is 0.321. The van der Waals surface area contributed by atoms with Crippen molar-refractivity contribution < 1.29 is 5.21 Å². The highest BCUT2D eigenvalue weighted by molar-refractivity contribution is 6.01. The maximum Gasteiger partial charge on any atom is 0.172 e. The lowest BCUT2D eigenvalue weighted by molar-refractivity contribution is 0.318. The van der Waals surface area contributed by atoms with Crippen molar-refractivity contribution in [3.05, 3.63) is 53.6 Å². The van der Waals surface area contributed by atoms with Gasteiger partial charge in [-0.25, -0.2) is 4.68 Å². The van der Waals surface area contributed by atoms with Gasteiger partial charge in [0.15, 0.2) is 5.84 Å². The summed E-state index contributed by atoms with van der Waals surface area (Å²) in [6.07, 6.45) is 0. The molecule has 20 heavy (non-hydrogen) atoms. The maximum atomic E-state index is 8.93. The summed E-state index contributed by atoms with van der Waals surface area (Å²) in [7, 11) is 0. The van der Waals surface area contributed by atoms with Gasteiger partial charge < -0.3 is 10.9 Å². The summed E-state index contributed by atoms with van der Waals surface area (Å²) in [5, 5.41) is 20.3. The third kappa shape index (κ3) is 1.87. The molecule has 0 aliphatic rings. The van der Waals surface area contributed by atoms with E-state index < -0.39 is 0 Å². The van der Waals surface area contributed by atoms with Crippen molar-refractivity contribution in [2.75, 3.05) is 0 Å². The number of benzene rings is 2. The van der Waals surface area contributed by atoms with Crippen LogP contribution in [0.5, 0.6) is 0 Å². The zero-order chi connectivity index (χ0) is 14.1. The van der Waals surface area contributed by atoms with Gasteiger partial charge in [-0.05, 0) is 31.2 Å². The number of rotatable bonds is 2. The van der Waals surface area contributed by atoms with Gasteiger partial charge in [0.25, 0.3) is 0 Å². The number of amidine groups is 1. The lowest BCUT2D eigenvalue weighted by Crippen LogP contribution is -2.17.